The molecule has 0 unspecified atom stereocenters. The van der Waals surface area contributed by atoms with Crippen molar-refractivity contribution >= 4 is 28.2 Å². The van der Waals surface area contributed by atoms with Crippen molar-refractivity contribution in [1.82, 2.24) is 15.2 Å². The summed E-state index contributed by atoms with van der Waals surface area (Å²) in [5.74, 6) is 1.35. The summed E-state index contributed by atoms with van der Waals surface area (Å²) in [4.78, 5) is 18.0. The van der Waals surface area contributed by atoms with E-state index >= 15 is 0 Å². The van der Waals surface area contributed by atoms with Crippen LogP contribution >= 0.6 is 12.2 Å². The Balaban J connectivity index is 1.40. The number of nitrogens with one attached hydrogen (secondary N) is 2. The molecule has 0 radical (unpaired) electrons. The van der Waals surface area contributed by atoms with Crippen LogP contribution in [0.1, 0.15) is 24.0 Å². The molecular weight excluding hydrogens is 438 g/mol. The zero-order chi connectivity index (χ0) is 22.6. The molecule has 2 N–H and O–H groups in total. The predicted molar refractivity (Wildman–Crippen MR) is 131 cm³/mol. The minimum Gasteiger partial charge on any atom is -0.486 e. The highest BCUT2D eigenvalue weighted by Crippen LogP contribution is 2.33. The van der Waals surface area contributed by atoms with Gasteiger partial charge in [0.25, 0.3) is 5.56 Å². The van der Waals surface area contributed by atoms with E-state index in [1.165, 1.54) is 0 Å². The smallest absolute Gasteiger partial charge is 0.253 e. The molecule has 172 valence electrons. The summed E-state index contributed by atoms with van der Waals surface area (Å²) in [6.07, 6.45) is 2.30. The van der Waals surface area contributed by atoms with Crippen molar-refractivity contribution in [2.45, 2.75) is 32.0 Å². The molecule has 1 fully saturated rings. The molecule has 0 saturated carbocycles. The second kappa shape index (κ2) is 9.80. The Morgan fingerprint density at radius 2 is 1.85 bits per heavy atom. The van der Waals surface area contributed by atoms with Gasteiger partial charge < -0.3 is 29.4 Å². The first-order valence-corrected chi connectivity index (χ1v) is 11.7. The van der Waals surface area contributed by atoms with Gasteiger partial charge in [-0.3, -0.25) is 4.79 Å². The fourth-order valence-electron chi connectivity index (χ4n) is 4.23. The number of hydrogen-bond donors (Lipinski definition) is 2. The number of fused-ring (bicyclic) bond motifs is 2. The summed E-state index contributed by atoms with van der Waals surface area (Å²) in [6, 6.07) is 15.8. The summed E-state index contributed by atoms with van der Waals surface area (Å²) >= 11 is 5.74. The Kier molecular flexibility index (Phi) is 6.46. The highest BCUT2D eigenvalue weighted by molar-refractivity contribution is 7.80. The topological polar surface area (TPSA) is 75.8 Å². The highest BCUT2D eigenvalue weighted by Gasteiger charge is 2.19. The third kappa shape index (κ3) is 5.12. The van der Waals surface area contributed by atoms with Gasteiger partial charge in [0.05, 0.1) is 18.2 Å². The van der Waals surface area contributed by atoms with Gasteiger partial charge in [-0.05, 0) is 42.8 Å². The minimum atomic E-state index is -0.140. The van der Waals surface area contributed by atoms with Crippen molar-refractivity contribution in [2.24, 2.45) is 0 Å². The van der Waals surface area contributed by atoms with E-state index in [4.69, 9.17) is 26.4 Å². The average molecular weight is 466 g/mol. The zero-order valence-corrected chi connectivity index (χ0v) is 19.2. The van der Waals surface area contributed by atoms with Crippen LogP contribution in [0, 0.1) is 0 Å². The molecular formula is C25H27N3O4S. The van der Waals surface area contributed by atoms with Gasteiger partial charge in [-0.25, -0.2) is 0 Å². The lowest BCUT2D eigenvalue weighted by Gasteiger charge is -2.27. The normalized spacial score (nSPS) is 17.2. The molecule has 8 heteroatoms. The number of nitrogens with zero attached hydrogens (tertiary/aromatic N) is 1. The molecule has 3 heterocycles. The van der Waals surface area contributed by atoms with Gasteiger partial charge in [-0.1, -0.05) is 30.3 Å². The van der Waals surface area contributed by atoms with Crippen molar-refractivity contribution in [3.05, 3.63) is 70.0 Å². The number of benzene rings is 2. The molecule has 1 aromatic heterocycles. The van der Waals surface area contributed by atoms with Crippen LogP contribution in [0.15, 0.2) is 53.3 Å². The maximum Gasteiger partial charge on any atom is 0.253 e. The van der Waals surface area contributed by atoms with Gasteiger partial charge >= 0.3 is 0 Å². The summed E-state index contributed by atoms with van der Waals surface area (Å²) in [7, 11) is 0. The van der Waals surface area contributed by atoms with E-state index in [1.54, 1.807) is 0 Å². The van der Waals surface area contributed by atoms with Crippen LogP contribution in [0.25, 0.3) is 10.9 Å². The first kappa shape index (κ1) is 21.7. The van der Waals surface area contributed by atoms with E-state index in [-0.39, 0.29) is 11.7 Å². The van der Waals surface area contributed by atoms with E-state index in [0.717, 1.165) is 35.9 Å². The lowest BCUT2D eigenvalue weighted by atomic mass is 10.1. The lowest BCUT2D eigenvalue weighted by Crippen LogP contribution is -2.42. The van der Waals surface area contributed by atoms with Crippen molar-refractivity contribution in [3.63, 3.8) is 0 Å². The number of H-pyrrole nitrogens is 1. The average Bonchev–Trinajstić information content (AvgIpc) is 3.36. The summed E-state index contributed by atoms with van der Waals surface area (Å²) in [6.45, 7) is 3.47. The number of hydrogen-bond acceptors (Lipinski definition) is 5. The summed E-state index contributed by atoms with van der Waals surface area (Å²) in [5.41, 5.74) is 2.34. The van der Waals surface area contributed by atoms with Gasteiger partial charge in [0.15, 0.2) is 16.6 Å². The Morgan fingerprint density at radius 1 is 1.06 bits per heavy atom. The Bertz CT molecular complexity index is 1190. The first-order valence-electron chi connectivity index (χ1n) is 11.3. The minimum absolute atomic E-state index is 0.140. The van der Waals surface area contributed by atoms with Crippen molar-refractivity contribution in [3.8, 4) is 11.5 Å². The molecule has 0 aliphatic carbocycles. The fourth-order valence-corrected chi connectivity index (χ4v) is 4.45. The molecule has 33 heavy (non-hydrogen) atoms. The van der Waals surface area contributed by atoms with Crippen LogP contribution < -0.4 is 20.3 Å². The summed E-state index contributed by atoms with van der Waals surface area (Å²) in [5, 5.41) is 4.85. The maximum atomic E-state index is 12.9. The molecule has 0 spiro atoms. The first-order chi connectivity index (χ1) is 16.2. The van der Waals surface area contributed by atoms with Crippen LogP contribution in [0.3, 0.4) is 0 Å². The van der Waals surface area contributed by atoms with Gasteiger partial charge in [-0.2, -0.15) is 0 Å². The molecule has 2 aromatic carbocycles. The molecule has 0 amide bonds. The summed E-state index contributed by atoms with van der Waals surface area (Å²) < 4.78 is 17.1. The molecule has 2 aliphatic heterocycles. The molecule has 2 aliphatic rings. The Morgan fingerprint density at radius 3 is 2.61 bits per heavy atom. The van der Waals surface area contributed by atoms with E-state index < -0.39 is 0 Å². The highest BCUT2D eigenvalue weighted by atomic mass is 32.1. The van der Waals surface area contributed by atoms with E-state index in [9.17, 15) is 4.79 Å². The second-order valence-corrected chi connectivity index (χ2v) is 8.76. The van der Waals surface area contributed by atoms with Crippen LogP contribution in [0.2, 0.25) is 0 Å². The van der Waals surface area contributed by atoms with E-state index in [2.05, 4.69) is 22.4 Å². The Hall–Kier alpha value is -3.10. The van der Waals surface area contributed by atoms with Crippen LogP contribution in [0.4, 0.5) is 0 Å². The van der Waals surface area contributed by atoms with Crippen LogP contribution in [-0.2, 0) is 17.8 Å². The van der Waals surface area contributed by atoms with Gasteiger partial charge in [0.1, 0.15) is 13.2 Å². The molecule has 3 aromatic rings. The number of aromatic nitrogens is 1. The molecule has 1 atom stereocenters. The standard InChI is InChI=1S/C25H27N3O4S/c29-24-19(11-18-12-22-23(13-21(18)27-24)32-10-9-31-22)16-28(15-17-5-2-1-3-6-17)25(33)26-14-20-7-4-8-30-20/h1-3,5-6,11-13,20H,4,7-10,14-16H2,(H,26,33)(H,27,29)/t20-/m1/s1. The molecule has 7 nitrogen and oxygen atoms in total. The number of rotatable bonds is 6. The van der Waals surface area contributed by atoms with Crippen molar-refractivity contribution < 1.29 is 14.2 Å². The van der Waals surface area contributed by atoms with E-state index in [1.807, 2.05) is 41.3 Å². The van der Waals surface area contributed by atoms with Crippen molar-refractivity contribution in [1.29, 1.82) is 0 Å². The number of ether oxygens (including phenoxy) is 3. The fraction of sp³-hybridized carbons (Fsp3) is 0.360. The zero-order valence-electron chi connectivity index (χ0n) is 18.3. The number of pyridine rings is 1. The van der Waals surface area contributed by atoms with Crippen LogP contribution in [-0.4, -0.2) is 47.5 Å². The molecule has 0 bridgehead atoms. The maximum absolute atomic E-state index is 12.9. The van der Waals surface area contributed by atoms with Crippen LogP contribution in [0.5, 0.6) is 11.5 Å². The van der Waals surface area contributed by atoms with Crippen molar-refractivity contribution in [2.75, 3.05) is 26.4 Å². The van der Waals surface area contributed by atoms with E-state index in [0.29, 0.717) is 55.0 Å². The second-order valence-electron chi connectivity index (χ2n) is 8.37. The number of thiocarbonyl (C=S) groups is 1. The quantitative estimate of drug-likeness (QED) is 0.541. The number of aromatic amines is 1. The molecule has 1 saturated heterocycles. The largest absolute Gasteiger partial charge is 0.486 e. The third-order valence-corrected chi connectivity index (χ3v) is 6.36. The lowest BCUT2D eigenvalue weighted by molar-refractivity contribution is 0.113. The SMILES string of the molecule is O=c1[nH]c2cc3c(cc2cc1CN(Cc1ccccc1)C(=S)NC[C@H]1CCCO1)OCCO3. The third-order valence-electron chi connectivity index (χ3n) is 5.95. The Labute approximate surface area is 197 Å². The molecule has 5 rings (SSSR count). The van der Waals surface area contributed by atoms with Gasteiger partial charge in [-0.15, -0.1) is 0 Å². The predicted octanol–water partition coefficient (Wildman–Crippen LogP) is 3.36. The monoisotopic (exact) mass is 465 g/mol. The van der Waals surface area contributed by atoms with Gasteiger partial charge in [0, 0.05) is 36.7 Å². The van der Waals surface area contributed by atoms with Gasteiger partial charge in [0.2, 0.25) is 0 Å².